The molecule has 0 heterocycles. The third-order valence-electron chi connectivity index (χ3n) is 3.74. The lowest BCUT2D eigenvalue weighted by atomic mass is 10.1. The zero-order valence-corrected chi connectivity index (χ0v) is 16.6. The number of nitrogens with zero attached hydrogens (tertiary/aromatic N) is 1. The van der Waals surface area contributed by atoms with E-state index < -0.39 is 18.5 Å². The van der Waals surface area contributed by atoms with E-state index in [1.165, 1.54) is 18.2 Å². The van der Waals surface area contributed by atoms with Gasteiger partial charge in [0.15, 0.2) is 18.1 Å². The summed E-state index contributed by atoms with van der Waals surface area (Å²) in [6, 6.07) is 12.1. The highest BCUT2D eigenvalue weighted by molar-refractivity contribution is 6.32. The number of aliphatic carboxylic acids is 1. The smallest absolute Gasteiger partial charge is 0.341 e. The molecule has 2 rings (SSSR count). The monoisotopic (exact) mass is 414 g/mol. The number of ether oxygens (including phenoxy) is 2. The minimum atomic E-state index is -1.16. The van der Waals surface area contributed by atoms with Gasteiger partial charge in [0, 0.05) is 5.69 Å². The molecule has 2 aromatic rings. The van der Waals surface area contributed by atoms with Gasteiger partial charge in [0.25, 0.3) is 5.91 Å². The highest BCUT2D eigenvalue weighted by Gasteiger charge is 2.16. The van der Waals surface area contributed by atoms with Crippen LogP contribution in [0.25, 0.3) is 6.08 Å². The second-order valence-electron chi connectivity index (χ2n) is 5.88. The minimum absolute atomic E-state index is 0.0796. The van der Waals surface area contributed by atoms with E-state index in [4.69, 9.17) is 26.2 Å². The fraction of sp³-hybridized carbons (Fsp3) is 0.190. The Labute approximate surface area is 173 Å². The Morgan fingerprint density at radius 1 is 1.28 bits per heavy atom. The number of amides is 1. The summed E-state index contributed by atoms with van der Waals surface area (Å²) in [6.07, 6.45) is 1.36. The summed E-state index contributed by atoms with van der Waals surface area (Å²) in [5, 5.41) is 21.0. The Morgan fingerprint density at radius 3 is 2.62 bits per heavy atom. The lowest BCUT2D eigenvalue weighted by Crippen LogP contribution is -2.14. The number of benzene rings is 2. The molecule has 150 valence electrons. The van der Waals surface area contributed by atoms with E-state index in [2.05, 4.69) is 5.32 Å². The maximum absolute atomic E-state index is 12.5. The number of rotatable bonds is 8. The van der Waals surface area contributed by atoms with Gasteiger partial charge in [0.2, 0.25) is 0 Å². The number of anilines is 1. The summed E-state index contributed by atoms with van der Waals surface area (Å²) in [5.74, 6) is -1.44. The fourth-order valence-corrected chi connectivity index (χ4v) is 2.70. The van der Waals surface area contributed by atoms with Crippen LogP contribution in [0.1, 0.15) is 18.1 Å². The molecule has 2 aromatic carbocycles. The highest BCUT2D eigenvalue weighted by atomic mass is 35.5. The number of hydrogen-bond acceptors (Lipinski definition) is 5. The number of nitriles is 1. The molecule has 2 N–H and O–H groups in total. The summed E-state index contributed by atoms with van der Waals surface area (Å²) < 4.78 is 10.6. The van der Waals surface area contributed by atoms with Gasteiger partial charge in [-0.2, -0.15) is 5.26 Å². The zero-order chi connectivity index (χ0) is 21.4. The van der Waals surface area contributed by atoms with Crippen LogP contribution in [0.3, 0.4) is 0 Å². The number of aryl methyl sites for hydroxylation is 1. The van der Waals surface area contributed by atoms with Crippen molar-refractivity contribution in [3.05, 3.63) is 58.1 Å². The maximum Gasteiger partial charge on any atom is 0.341 e. The minimum Gasteiger partial charge on any atom is -0.490 e. The summed E-state index contributed by atoms with van der Waals surface area (Å²) in [6.45, 7) is 3.28. The molecule has 0 aliphatic heterocycles. The summed E-state index contributed by atoms with van der Waals surface area (Å²) in [5.41, 5.74) is 1.76. The van der Waals surface area contributed by atoms with E-state index in [9.17, 15) is 14.9 Å². The number of carbonyl (C=O) groups is 2. The molecule has 0 radical (unpaired) electrons. The normalized spacial score (nSPS) is 10.8. The lowest BCUT2D eigenvalue weighted by Gasteiger charge is -2.13. The van der Waals surface area contributed by atoms with Crippen molar-refractivity contribution in [2.45, 2.75) is 13.8 Å². The number of hydrogen-bond donors (Lipinski definition) is 2. The van der Waals surface area contributed by atoms with Gasteiger partial charge in [-0.05, 0) is 49.2 Å². The molecule has 7 nitrogen and oxygen atoms in total. The number of carboxylic acids is 1. The molecule has 0 unspecified atom stereocenters. The summed E-state index contributed by atoms with van der Waals surface area (Å²) in [4.78, 5) is 23.2. The summed E-state index contributed by atoms with van der Waals surface area (Å²) >= 11 is 6.20. The van der Waals surface area contributed by atoms with Crippen molar-refractivity contribution in [1.82, 2.24) is 0 Å². The molecule has 0 atom stereocenters. The maximum atomic E-state index is 12.5. The predicted molar refractivity (Wildman–Crippen MR) is 109 cm³/mol. The van der Waals surface area contributed by atoms with Crippen LogP contribution in [0, 0.1) is 18.3 Å². The Hall–Kier alpha value is -3.50. The van der Waals surface area contributed by atoms with Gasteiger partial charge in [-0.25, -0.2) is 4.79 Å². The van der Waals surface area contributed by atoms with Gasteiger partial charge in [-0.1, -0.05) is 29.8 Å². The Morgan fingerprint density at radius 2 is 2.00 bits per heavy atom. The first kappa shape index (κ1) is 21.8. The summed E-state index contributed by atoms with van der Waals surface area (Å²) in [7, 11) is 0. The van der Waals surface area contributed by atoms with E-state index in [0.29, 0.717) is 11.3 Å². The molecule has 0 aliphatic rings. The zero-order valence-electron chi connectivity index (χ0n) is 15.9. The van der Waals surface area contributed by atoms with Gasteiger partial charge in [0.05, 0.1) is 11.6 Å². The first-order valence-corrected chi connectivity index (χ1v) is 9.03. The van der Waals surface area contributed by atoms with Crippen LogP contribution < -0.4 is 14.8 Å². The third kappa shape index (κ3) is 5.99. The van der Waals surface area contributed by atoms with Crippen molar-refractivity contribution in [2.75, 3.05) is 18.5 Å². The Balaban J connectivity index is 2.34. The van der Waals surface area contributed by atoms with Gasteiger partial charge >= 0.3 is 5.97 Å². The van der Waals surface area contributed by atoms with E-state index in [1.54, 1.807) is 19.1 Å². The lowest BCUT2D eigenvalue weighted by molar-refractivity contribution is -0.139. The molecule has 0 saturated carbocycles. The average Bonchev–Trinajstić information content (AvgIpc) is 2.67. The number of para-hydroxylation sites is 1. The SMILES string of the molecule is CCOc1cc(/C=C(\C#N)C(=O)Nc2ccccc2C)cc(Cl)c1OCC(=O)O. The van der Waals surface area contributed by atoms with Gasteiger partial charge in [0.1, 0.15) is 11.6 Å². The van der Waals surface area contributed by atoms with E-state index in [-0.39, 0.29) is 28.7 Å². The number of carbonyl (C=O) groups excluding carboxylic acids is 1. The molecule has 0 saturated heterocycles. The molecule has 1 amide bonds. The molecule has 0 aromatic heterocycles. The van der Waals surface area contributed by atoms with E-state index >= 15 is 0 Å². The van der Waals surface area contributed by atoms with Crippen molar-refractivity contribution in [1.29, 1.82) is 5.26 Å². The van der Waals surface area contributed by atoms with Crippen molar-refractivity contribution in [3.63, 3.8) is 0 Å². The van der Waals surface area contributed by atoms with Gasteiger partial charge in [-0.3, -0.25) is 4.79 Å². The molecule has 0 fully saturated rings. The molecule has 29 heavy (non-hydrogen) atoms. The largest absolute Gasteiger partial charge is 0.490 e. The highest BCUT2D eigenvalue weighted by Crippen LogP contribution is 2.37. The molecule has 0 spiro atoms. The second kappa shape index (κ2) is 10.2. The van der Waals surface area contributed by atoms with Crippen LogP contribution in [-0.2, 0) is 9.59 Å². The quantitative estimate of drug-likeness (QED) is 0.498. The van der Waals surface area contributed by atoms with Crippen molar-refractivity contribution in [2.24, 2.45) is 0 Å². The average molecular weight is 415 g/mol. The molecule has 8 heteroatoms. The predicted octanol–water partition coefficient (Wildman–Crippen LogP) is 4.06. The van der Waals surface area contributed by atoms with Crippen molar-refractivity contribution >= 4 is 35.2 Å². The molecular weight excluding hydrogens is 396 g/mol. The third-order valence-corrected chi connectivity index (χ3v) is 4.02. The van der Waals surface area contributed by atoms with Crippen LogP contribution in [0.2, 0.25) is 5.02 Å². The van der Waals surface area contributed by atoms with E-state index in [1.807, 2.05) is 25.1 Å². The Bertz CT molecular complexity index is 995. The van der Waals surface area contributed by atoms with Crippen LogP contribution in [0.4, 0.5) is 5.69 Å². The van der Waals surface area contributed by atoms with Crippen LogP contribution in [0.15, 0.2) is 42.0 Å². The molecule has 0 aliphatic carbocycles. The van der Waals surface area contributed by atoms with Gasteiger partial charge in [-0.15, -0.1) is 0 Å². The van der Waals surface area contributed by atoms with Gasteiger partial charge < -0.3 is 19.9 Å². The van der Waals surface area contributed by atoms with Crippen LogP contribution in [0.5, 0.6) is 11.5 Å². The van der Waals surface area contributed by atoms with Crippen molar-refractivity contribution in [3.8, 4) is 17.6 Å². The van der Waals surface area contributed by atoms with Crippen LogP contribution in [-0.4, -0.2) is 30.2 Å². The number of halogens is 1. The van der Waals surface area contributed by atoms with Crippen LogP contribution >= 0.6 is 11.6 Å². The standard InChI is InChI=1S/C21H19ClN2O5/c1-3-28-18-10-14(9-16(22)20(18)29-12-19(25)26)8-15(11-23)21(27)24-17-7-5-4-6-13(17)2/h4-10H,3,12H2,1-2H3,(H,24,27)(H,25,26)/b15-8+. The first-order chi connectivity index (χ1) is 13.8. The first-order valence-electron chi connectivity index (χ1n) is 8.65. The molecule has 0 bridgehead atoms. The topological polar surface area (TPSA) is 109 Å². The number of carboxylic acid groups (broad SMARTS) is 1. The van der Waals surface area contributed by atoms with Crippen molar-refractivity contribution < 1.29 is 24.2 Å². The second-order valence-corrected chi connectivity index (χ2v) is 6.29. The molecular formula is C21H19ClN2O5. The van der Waals surface area contributed by atoms with E-state index in [0.717, 1.165) is 5.56 Å². The number of nitrogens with one attached hydrogen (secondary N) is 1. The Kier molecular flexibility index (Phi) is 7.63. The fourth-order valence-electron chi connectivity index (χ4n) is 2.43.